The number of rotatable bonds is 4. The quantitative estimate of drug-likeness (QED) is 0.394. The van der Waals surface area contributed by atoms with E-state index in [1.165, 1.54) is 12.1 Å². The lowest BCUT2D eigenvalue weighted by Gasteiger charge is -2.06. The van der Waals surface area contributed by atoms with Crippen LogP contribution in [0.1, 0.15) is 16.8 Å². The molecule has 0 unspecified atom stereocenters. The molecule has 0 saturated carbocycles. The number of nitrogens with one attached hydrogen (secondary N) is 1. The lowest BCUT2D eigenvalue weighted by atomic mass is 10.1. The molecular weight excluding hydrogens is 186 g/mol. The van der Waals surface area contributed by atoms with Gasteiger partial charge in [-0.25, -0.2) is 0 Å². The molecule has 0 heterocycles. The molecule has 0 aliphatic carbocycles. The summed E-state index contributed by atoms with van der Waals surface area (Å²) in [7, 11) is 0. The standard InChI is InChI=1S/C9H9NO4/c11-8(5-9(12)13)6-3-1-2-4-7(6)10-14/h1-4,10,14H,5H2,(H,12,13)/p-1. The van der Waals surface area contributed by atoms with Crippen LogP contribution in [-0.2, 0) is 4.79 Å². The Balaban J connectivity index is 2.94. The van der Waals surface area contributed by atoms with E-state index in [1.807, 2.05) is 5.48 Å². The molecule has 0 radical (unpaired) electrons. The molecular formula is C9H8NO4-. The zero-order chi connectivity index (χ0) is 10.6. The molecule has 1 aromatic carbocycles. The molecule has 74 valence electrons. The Morgan fingerprint density at radius 3 is 2.57 bits per heavy atom. The zero-order valence-electron chi connectivity index (χ0n) is 7.19. The van der Waals surface area contributed by atoms with Crippen LogP contribution in [0.3, 0.4) is 0 Å². The van der Waals surface area contributed by atoms with Gasteiger partial charge < -0.3 is 9.90 Å². The molecule has 1 aromatic rings. The lowest BCUT2D eigenvalue weighted by Crippen LogP contribution is -2.25. The molecule has 0 amide bonds. The van der Waals surface area contributed by atoms with E-state index in [9.17, 15) is 14.7 Å². The Kier molecular flexibility index (Phi) is 3.19. The van der Waals surface area contributed by atoms with E-state index >= 15 is 0 Å². The number of carbonyl (C=O) groups is 2. The van der Waals surface area contributed by atoms with Crippen LogP contribution in [0.4, 0.5) is 5.69 Å². The molecule has 0 aliphatic heterocycles. The second-order valence-electron chi connectivity index (χ2n) is 2.63. The molecule has 0 spiro atoms. The van der Waals surface area contributed by atoms with E-state index in [1.54, 1.807) is 12.1 Å². The number of ketones is 1. The Morgan fingerprint density at radius 1 is 1.36 bits per heavy atom. The average Bonchev–Trinajstić information content (AvgIpc) is 2.16. The van der Waals surface area contributed by atoms with Crippen molar-refractivity contribution in [1.29, 1.82) is 0 Å². The van der Waals surface area contributed by atoms with E-state index in [0.717, 1.165) is 0 Å². The third-order valence-electron chi connectivity index (χ3n) is 1.65. The van der Waals surface area contributed by atoms with Gasteiger partial charge in [0.15, 0.2) is 5.78 Å². The molecule has 1 rings (SSSR count). The second kappa shape index (κ2) is 4.38. The predicted molar refractivity (Wildman–Crippen MR) is 45.8 cm³/mol. The van der Waals surface area contributed by atoms with Gasteiger partial charge in [0.1, 0.15) is 0 Å². The summed E-state index contributed by atoms with van der Waals surface area (Å²) >= 11 is 0. The monoisotopic (exact) mass is 194 g/mol. The van der Waals surface area contributed by atoms with Crippen LogP contribution >= 0.6 is 0 Å². The summed E-state index contributed by atoms with van der Waals surface area (Å²) < 4.78 is 0. The van der Waals surface area contributed by atoms with Crippen LogP contribution in [0.2, 0.25) is 0 Å². The van der Waals surface area contributed by atoms with E-state index in [2.05, 4.69) is 0 Å². The Morgan fingerprint density at radius 2 is 2.00 bits per heavy atom. The van der Waals surface area contributed by atoms with Crippen molar-refractivity contribution in [3.05, 3.63) is 29.8 Å². The van der Waals surface area contributed by atoms with Gasteiger partial charge in [0.05, 0.1) is 12.1 Å². The first-order valence-corrected chi connectivity index (χ1v) is 3.87. The largest absolute Gasteiger partial charge is 0.550 e. The number of carboxylic acids is 1. The molecule has 0 saturated heterocycles. The zero-order valence-corrected chi connectivity index (χ0v) is 7.19. The van der Waals surface area contributed by atoms with Gasteiger partial charge in [0.2, 0.25) is 0 Å². The highest BCUT2D eigenvalue weighted by Gasteiger charge is 2.10. The van der Waals surface area contributed by atoms with Crippen molar-refractivity contribution in [3.63, 3.8) is 0 Å². The van der Waals surface area contributed by atoms with Gasteiger partial charge in [-0.1, -0.05) is 12.1 Å². The first-order chi connectivity index (χ1) is 6.65. The highest BCUT2D eigenvalue weighted by Crippen LogP contribution is 2.15. The van der Waals surface area contributed by atoms with E-state index in [-0.39, 0.29) is 11.3 Å². The number of anilines is 1. The summed E-state index contributed by atoms with van der Waals surface area (Å²) in [5, 5.41) is 18.8. The fourth-order valence-electron chi connectivity index (χ4n) is 1.05. The normalized spacial score (nSPS) is 9.50. The summed E-state index contributed by atoms with van der Waals surface area (Å²) in [6.07, 6.45) is -0.696. The summed E-state index contributed by atoms with van der Waals surface area (Å²) in [4.78, 5) is 21.4. The van der Waals surface area contributed by atoms with Crippen LogP contribution in [0.25, 0.3) is 0 Å². The topological polar surface area (TPSA) is 89.5 Å². The molecule has 0 atom stereocenters. The summed E-state index contributed by atoms with van der Waals surface area (Å²) in [6.45, 7) is 0. The fourth-order valence-corrected chi connectivity index (χ4v) is 1.05. The third kappa shape index (κ3) is 2.30. The number of aliphatic carboxylic acids is 1. The predicted octanol–water partition coefficient (Wildman–Crippen LogP) is -0.190. The van der Waals surface area contributed by atoms with Gasteiger partial charge in [-0.05, 0) is 12.1 Å². The number of Topliss-reactive ketones (excluding diaryl/α,β-unsaturated/α-hetero) is 1. The molecule has 5 heteroatoms. The van der Waals surface area contributed by atoms with Crippen LogP contribution in [0.15, 0.2) is 24.3 Å². The van der Waals surface area contributed by atoms with E-state index in [0.29, 0.717) is 0 Å². The number of hydrogen-bond donors (Lipinski definition) is 2. The van der Waals surface area contributed by atoms with Crippen molar-refractivity contribution in [3.8, 4) is 0 Å². The summed E-state index contributed by atoms with van der Waals surface area (Å²) in [5.41, 5.74) is 2.12. The Hall–Kier alpha value is -1.88. The molecule has 14 heavy (non-hydrogen) atoms. The second-order valence-corrected chi connectivity index (χ2v) is 2.63. The first-order valence-electron chi connectivity index (χ1n) is 3.87. The molecule has 5 nitrogen and oxygen atoms in total. The van der Waals surface area contributed by atoms with Gasteiger partial charge in [-0.3, -0.25) is 15.5 Å². The van der Waals surface area contributed by atoms with Crippen LogP contribution < -0.4 is 10.6 Å². The summed E-state index contributed by atoms with van der Waals surface area (Å²) in [5.74, 6) is -2.05. The van der Waals surface area contributed by atoms with Gasteiger partial charge in [0, 0.05) is 11.5 Å². The van der Waals surface area contributed by atoms with E-state index < -0.39 is 18.2 Å². The Bertz CT molecular complexity index is 362. The van der Waals surface area contributed by atoms with Gasteiger partial charge in [0.25, 0.3) is 0 Å². The third-order valence-corrected chi connectivity index (χ3v) is 1.65. The first kappa shape index (κ1) is 10.2. The number of carbonyl (C=O) groups excluding carboxylic acids is 2. The van der Waals surface area contributed by atoms with Crippen molar-refractivity contribution in [1.82, 2.24) is 0 Å². The number of para-hydroxylation sites is 1. The van der Waals surface area contributed by atoms with Crippen LogP contribution in [-0.4, -0.2) is 17.0 Å². The van der Waals surface area contributed by atoms with Gasteiger partial charge in [-0.15, -0.1) is 0 Å². The number of carboxylic acid groups (broad SMARTS) is 1. The van der Waals surface area contributed by atoms with Gasteiger partial charge in [-0.2, -0.15) is 0 Å². The maximum Gasteiger partial charge on any atom is 0.170 e. The number of benzene rings is 1. The highest BCUT2D eigenvalue weighted by molar-refractivity contribution is 6.08. The molecule has 0 aromatic heterocycles. The van der Waals surface area contributed by atoms with Crippen molar-refractivity contribution in [2.45, 2.75) is 6.42 Å². The van der Waals surface area contributed by atoms with Crippen molar-refractivity contribution in [2.75, 3.05) is 5.48 Å². The molecule has 0 fully saturated rings. The van der Waals surface area contributed by atoms with Crippen LogP contribution in [0, 0.1) is 0 Å². The maximum absolute atomic E-state index is 11.3. The highest BCUT2D eigenvalue weighted by atomic mass is 16.5. The average molecular weight is 194 g/mol. The smallest absolute Gasteiger partial charge is 0.170 e. The minimum absolute atomic E-state index is 0.124. The molecule has 0 bridgehead atoms. The van der Waals surface area contributed by atoms with Crippen molar-refractivity contribution in [2.24, 2.45) is 0 Å². The Labute approximate surface area is 79.9 Å². The summed E-state index contributed by atoms with van der Waals surface area (Å²) in [6, 6.07) is 6.06. The maximum atomic E-state index is 11.3. The fraction of sp³-hybridized carbons (Fsp3) is 0.111. The van der Waals surface area contributed by atoms with Crippen LogP contribution in [0.5, 0.6) is 0 Å². The molecule has 0 aliphatic rings. The van der Waals surface area contributed by atoms with Crippen molar-refractivity contribution < 1.29 is 19.9 Å². The van der Waals surface area contributed by atoms with E-state index in [4.69, 9.17) is 5.21 Å². The minimum Gasteiger partial charge on any atom is -0.550 e. The molecule has 2 N–H and O–H groups in total. The number of hydrogen-bond acceptors (Lipinski definition) is 5. The SMILES string of the molecule is O=C([O-])CC(=O)c1ccccc1NO. The lowest BCUT2D eigenvalue weighted by molar-refractivity contribution is -0.304. The van der Waals surface area contributed by atoms with Crippen molar-refractivity contribution >= 4 is 17.4 Å². The van der Waals surface area contributed by atoms with Gasteiger partial charge >= 0.3 is 0 Å². The minimum atomic E-state index is -1.44.